The minimum Gasteiger partial charge on any atom is -0.464 e. The first-order chi connectivity index (χ1) is 22.2. The molecule has 7 rings (SSSR count). The maximum Gasteiger partial charge on any atom is 0.209 e. The van der Waals surface area contributed by atoms with Gasteiger partial charge in [0.2, 0.25) is 11.6 Å². The summed E-state index contributed by atoms with van der Waals surface area (Å²) in [7, 11) is 0. The molecule has 7 aromatic rings. The molecular formula is C40H30N2O3. The van der Waals surface area contributed by atoms with Crippen LogP contribution in [0.25, 0.3) is 0 Å². The van der Waals surface area contributed by atoms with Gasteiger partial charge in [-0.3, -0.25) is 9.59 Å². The highest BCUT2D eigenvalue weighted by Crippen LogP contribution is 2.38. The molecule has 45 heavy (non-hydrogen) atoms. The molecule has 0 aliphatic heterocycles. The van der Waals surface area contributed by atoms with E-state index in [9.17, 15) is 9.59 Å². The van der Waals surface area contributed by atoms with E-state index in [1.165, 1.54) is 0 Å². The van der Waals surface area contributed by atoms with Gasteiger partial charge in [-0.1, -0.05) is 121 Å². The Balaban J connectivity index is 1.27. The van der Waals surface area contributed by atoms with Crippen LogP contribution in [0, 0.1) is 0 Å². The number of furan rings is 1. The number of carbonyl (C=O) groups is 2. The number of hydrogen-bond acceptors (Lipinski definition) is 3. The molecule has 0 spiro atoms. The summed E-state index contributed by atoms with van der Waals surface area (Å²) in [5.41, 5.74) is 6.08. The first-order valence-corrected chi connectivity index (χ1v) is 14.9. The molecule has 0 radical (unpaired) electrons. The molecule has 3 heterocycles. The maximum absolute atomic E-state index is 13.2. The molecule has 0 aliphatic carbocycles. The fourth-order valence-corrected chi connectivity index (χ4v) is 5.88. The first kappa shape index (κ1) is 27.9. The van der Waals surface area contributed by atoms with E-state index in [1.54, 1.807) is 0 Å². The van der Waals surface area contributed by atoms with Crippen LogP contribution >= 0.6 is 0 Å². The third-order valence-electron chi connectivity index (χ3n) is 8.08. The average molecular weight is 587 g/mol. The standard InChI is InChI=1S/C40H30N2O3/c43-39(29-17-9-3-10-18-29)33-23-21-31(41-33)37(27-13-5-1-6-14-27)35-25-26-36(45-35)38(28-15-7-2-8-16-28)32-22-24-34(42-32)40(44)30-19-11-4-12-20-30/h1-26,37-38,41-42H. The number of carbonyl (C=O) groups excluding carboxylic acids is 2. The number of aromatic amines is 2. The third-order valence-corrected chi connectivity index (χ3v) is 8.08. The molecule has 0 amide bonds. The molecule has 5 heteroatoms. The number of hydrogen-bond donors (Lipinski definition) is 2. The molecule has 0 saturated heterocycles. The molecule has 218 valence electrons. The number of aromatic nitrogens is 2. The topological polar surface area (TPSA) is 78.9 Å². The monoisotopic (exact) mass is 586 g/mol. The molecule has 0 bridgehead atoms. The zero-order chi connectivity index (χ0) is 30.6. The lowest BCUT2D eigenvalue weighted by atomic mass is 9.93. The number of rotatable bonds is 10. The van der Waals surface area contributed by atoms with E-state index in [1.807, 2.05) is 133 Å². The van der Waals surface area contributed by atoms with Crippen LogP contribution in [0.1, 0.15) is 78.0 Å². The molecule has 0 saturated carbocycles. The highest BCUT2D eigenvalue weighted by Gasteiger charge is 2.27. The predicted molar refractivity (Wildman–Crippen MR) is 175 cm³/mol. The smallest absolute Gasteiger partial charge is 0.209 e. The van der Waals surface area contributed by atoms with Crippen molar-refractivity contribution in [3.63, 3.8) is 0 Å². The van der Waals surface area contributed by atoms with Crippen molar-refractivity contribution in [1.29, 1.82) is 0 Å². The van der Waals surface area contributed by atoms with Crippen molar-refractivity contribution in [1.82, 2.24) is 9.97 Å². The van der Waals surface area contributed by atoms with Crippen molar-refractivity contribution in [2.24, 2.45) is 0 Å². The quantitative estimate of drug-likeness (QED) is 0.157. The molecule has 0 aliphatic rings. The van der Waals surface area contributed by atoms with Crippen LogP contribution in [0.4, 0.5) is 0 Å². The van der Waals surface area contributed by atoms with Crippen LogP contribution in [0.15, 0.2) is 162 Å². The Morgan fingerprint density at radius 1 is 0.422 bits per heavy atom. The molecule has 4 aromatic carbocycles. The molecule has 2 unspecified atom stereocenters. The van der Waals surface area contributed by atoms with E-state index < -0.39 is 0 Å². The summed E-state index contributed by atoms with van der Waals surface area (Å²) >= 11 is 0. The van der Waals surface area contributed by atoms with E-state index >= 15 is 0 Å². The van der Waals surface area contributed by atoms with Crippen molar-refractivity contribution in [2.75, 3.05) is 0 Å². The Labute approximate surface area is 261 Å². The summed E-state index contributed by atoms with van der Waals surface area (Å²) in [5.74, 6) is 0.811. The fraction of sp³-hybridized carbons (Fsp3) is 0.0500. The fourth-order valence-electron chi connectivity index (χ4n) is 5.88. The van der Waals surface area contributed by atoms with E-state index in [0.29, 0.717) is 22.5 Å². The second-order valence-electron chi connectivity index (χ2n) is 11.0. The molecular weight excluding hydrogens is 556 g/mol. The van der Waals surface area contributed by atoms with Gasteiger partial charge in [-0.25, -0.2) is 0 Å². The highest BCUT2D eigenvalue weighted by atomic mass is 16.3. The number of benzene rings is 4. The maximum atomic E-state index is 13.2. The van der Waals surface area contributed by atoms with Gasteiger partial charge in [-0.15, -0.1) is 0 Å². The van der Waals surface area contributed by atoms with Crippen LogP contribution < -0.4 is 0 Å². The van der Waals surface area contributed by atoms with Crippen LogP contribution in [0.2, 0.25) is 0 Å². The van der Waals surface area contributed by atoms with Crippen molar-refractivity contribution in [3.8, 4) is 0 Å². The van der Waals surface area contributed by atoms with Gasteiger partial charge >= 0.3 is 0 Å². The lowest BCUT2D eigenvalue weighted by Gasteiger charge is -2.17. The van der Waals surface area contributed by atoms with E-state index in [0.717, 1.165) is 34.0 Å². The summed E-state index contributed by atoms with van der Waals surface area (Å²) in [6, 6.07) is 50.3. The molecule has 0 fully saturated rings. The minimum atomic E-state index is -0.271. The summed E-state index contributed by atoms with van der Waals surface area (Å²) in [6.07, 6.45) is 0. The zero-order valence-corrected chi connectivity index (χ0v) is 24.4. The van der Waals surface area contributed by atoms with Gasteiger partial charge in [-0.05, 0) is 47.5 Å². The normalized spacial score (nSPS) is 12.4. The van der Waals surface area contributed by atoms with Crippen molar-refractivity contribution in [3.05, 3.63) is 214 Å². The Bertz CT molecular complexity index is 1890. The SMILES string of the molecule is O=C(c1ccccc1)c1ccc(C(c2ccccc2)c2ccc(C(c3ccccc3)c3ccc(C(=O)c4ccccc4)[nH]3)o2)[nH]1. The van der Waals surface area contributed by atoms with Gasteiger partial charge in [0.15, 0.2) is 0 Å². The second kappa shape index (κ2) is 12.3. The lowest BCUT2D eigenvalue weighted by Crippen LogP contribution is -2.07. The highest BCUT2D eigenvalue weighted by molar-refractivity contribution is 6.08. The molecule has 3 aromatic heterocycles. The zero-order valence-electron chi connectivity index (χ0n) is 24.4. The minimum absolute atomic E-state index is 0.0643. The summed E-state index contributed by atoms with van der Waals surface area (Å²) in [4.78, 5) is 33.2. The van der Waals surface area contributed by atoms with Gasteiger partial charge < -0.3 is 14.4 Å². The van der Waals surface area contributed by atoms with Gasteiger partial charge in [0.1, 0.15) is 11.5 Å². The van der Waals surface area contributed by atoms with Crippen LogP contribution in [-0.2, 0) is 0 Å². The molecule has 2 N–H and O–H groups in total. The lowest BCUT2D eigenvalue weighted by molar-refractivity contribution is 0.102. The average Bonchev–Trinajstić information content (AvgIpc) is 3.89. The van der Waals surface area contributed by atoms with Crippen LogP contribution in [-0.4, -0.2) is 21.5 Å². The summed E-state index contributed by atoms with van der Waals surface area (Å²) in [6.45, 7) is 0. The number of ketones is 2. The van der Waals surface area contributed by atoms with E-state index in [-0.39, 0.29) is 23.4 Å². The van der Waals surface area contributed by atoms with Gasteiger partial charge in [0.25, 0.3) is 0 Å². The van der Waals surface area contributed by atoms with Crippen LogP contribution in [0.5, 0.6) is 0 Å². The van der Waals surface area contributed by atoms with Crippen molar-refractivity contribution >= 4 is 11.6 Å². The first-order valence-electron chi connectivity index (χ1n) is 14.9. The van der Waals surface area contributed by atoms with E-state index in [4.69, 9.17) is 4.42 Å². The summed E-state index contributed by atoms with van der Waals surface area (Å²) in [5, 5.41) is 0. The van der Waals surface area contributed by atoms with E-state index in [2.05, 4.69) is 34.2 Å². The Kier molecular flexibility index (Phi) is 7.65. The van der Waals surface area contributed by atoms with Crippen LogP contribution in [0.3, 0.4) is 0 Å². The largest absolute Gasteiger partial charge is 0.464 e. The molecule has 2 atom stereocenters. The Hall–Kier alpha value is -5.94. The number of nitrogens with one attached hydrogen (secondary N) is 2. The Morgan fingerprint density at radius 2 is 0.778 bits per heavy atom. The Morgan fingerprint density at radius 3 is 1.16 bits per heavy atom. The van der Waals surface area contributed by atoms with Crippen molar-refractivity contribution < 1.29 is 14.0 Å². The van der Waals surface area contributed by atoms with Gasteiger partial charge in [0.05, 0.1) is 23.2 Å². The molecule has 5 nitrogen and oxygen atoms in total. The number of H-pyrrole nitrogens is 2. The second-order valence-corrected chi connectivity index (χ2v) is 11.0. The van der Waals surface area contributed by atoms with Crippen molar-refractivity contribution in [2.45, 2.75) is 11.8 Å². The van der Waals surface area contributed by atoms with Gasteiger partial charge in [0, 0.05) is 22.5 Å². The van der Waals surface area contributed by atoms with Gasteiger partial charge in [-0.2, -0.15) is 0 Å². The third kappa shape index (κ3) is 5.71. The summed E-state index contributed by atoms with van der Waals surface area (Å²) < 4.78 is 6.72. The predicted octanol–water partition coefficient (Wildman–Crippen LogP) is 8.76.